The van der Waals surface area contributed by atoms with E-state index in [0.29, 0.717) is 11.5 Å². The zero-order valence-electron chi connectivity index (χ0n) is 53.6. The molecule has 0 aliphatic heterocycles. The van der Waals surface area contributed by atoms with E-state index in [1.54, 1.807) is 36.7 Å². The second-order valence-corrected chi connectivity index (χ2v) is 58.6. The van der Waals surface area contributed by atoms with Crippen molar-refractivity contribution in [1.82, 2.24) is 0 Å². The van der Waals surface area contributed by atoms with Crippen LogP contribution in [0, 0.1) is 27.7 Å². The Balaban J connectivity index is 0.000000575. The number of aliphatic imine (C=N–C) groups is 5. The predicted octanol–water partition coefficient (Wildman–Crippen LogP) is 26.6. The van der Waals surface area contributed by atoms with Gasteiger partial charge in [0, 0.05) is 57.4 Å². The molecule has 0 aromatic heterocycles. The summed E-state index contributed by atoms with van der Waals surface area (Å²) in [6.45, 7) is 13.4. The van der Waals surface area contributed by atoms with Gasteiger partial charge in [0.15, 0.2) is 0 Å². The van der Waals surface area contributed by atoms with Gasteiger partial charge >= 0.3 is 206 Å². The number of halogens is 10. The first-order valence-electron chi connectivity index (χ1n) is 28.5. The van der Waals surface area contributed by atoms with E-state index in [1.165, 1.54) is 0 Å². The molecule has 0 spiro atoms. The Bertz CT molecular complexity index is 3790. The van der Waals surface area contributed by atoms with Crippen molar-refractivity contribution in [3.8, 4) is 28.7 Å². The van der Waals surface area contributed by atoms with Gasteiger partial charge in [-0.3, -0.25) is 25.0 Å². The van der Waals surface area contributed by atoms with E-state index in [0.717, 1.165) is 95.6 Å². The summed E-state index contributed by atoms with van der Waals surface area (Å²) in [7, 11) is 0. The molecule has 10 rings (SSSR count). The van der Waals surface area contributed by atoms with Gasteiger partial charge in [0.1, 0.15) is 28.7 Å². The molecule has 502 valence electrons. The molecule has 0 saturated carbocycles. The van der Waals surface area contributed by atoms with Crippen molar-refractivity contribution in [3.63, 3.8) is 0 Å². The molecule has 0 amide bonds. The number of hydrogen-bond donors (Lipinski definition) is 5. The Morgan fingerprint density at radius 3 is 0.948 bits per heavy atom. The zero-order valence-corrected chi connectivity index (χ0v) is 77.2. The van der Waals surface area contributed by atoms with E-state index in [-0.39, 0.29) is 92.1 Å². The van der Waals surface area contributed by atoms with Crippen LogP contribution in [0.4, 0.5) is 28.4 Å². The number of aryl methyl sites for hydroxylation is 4. The standard InChI is InChI=1S/2C15H15NO.3C14H13NO.10BrH.5Ti/c2*1-11-7-6-10-14(15(11)17)12(2)16-13-8-4-3-5-9-13;1-11-6-5-9-14(16)13(11)10-15-12-7-3-2-4-8-12;1-11(13-9-5-6-10-14(13)16)15-12-7-3-2-4-8-12;1-11-7-8-14(16)12(9-11)10-15-13-5-3-2-4-6-13;;;;;;;;;;;;;;;/h2*3-10,17H,1-2H3;3*2-10,16H,1H3;10*1H;;;;;/q;;;;;;;;;;;;;;;5*+2/p-10. The molecule has 97 heavy (non-hydrogen) atoms. The van der Waals surface area contributed by atoms with Crippen molar-refractivity contribution in [2.45, 2.75) is 48.5 Å². The van der Waals surface area contributed by atoms with E-state index in [4.69, 9.17) is 0 Å². The molecule has 0 aliphatic rings. The van der Waals surface area contributed by atoms with E-state index in [9.17, 15) is 25.5 Å². The number of hydrogen-bond acceptors (Lipinski definition) is 10. The summed E-state index contributed by atoms with van der Waals surface area (Å²) in [4.78, 5) is 22.0. The van der Waals surface area contributed by atoms with Crippen LogP contribution in [0.3, 0.4) is 0 Å². The number of phenolic OH excluding ortho intramolecular Hbond substituents is 5. The van der Waals surface area contributed by atoms with Crippen molar-refractivity contribution in [2.75, 3.05) is 0 Å². The number of para-hydroxylation sites is 8. The second-order valence-electron chi connectivity index (χ2n) is 19.2. The number of nitrogens with zero attached hydrogens (tertiary/aromatic N) is 5. The molecule has 0 radical (unpaired) electrons. The number of phenols is 5. The van der Waals surface area contributed by atoms with Crippen LogP contribution < -0.4 is 0 Å². The molecule has 0 fully saturated rings. The summed E-state index contributed by atoms with van der Waals surface area (Å²) in [6, 6.07) is 78.0. The first-order valence-corrected chi connectivity index (χ1v) is 67.1. The predicted molar refractivity (Wildman–Crippen MR) is 431 cm³/mol. The molecule has 0 aliphatic carbocycles. The van der Waals surface area contributed by atoms with E-state index < -0.39 is 0 Å². The summed E-state index contributed by atoms with van der Waals surface area (Å²) < 4.78 is 0. The van der Waals surface area contributed by atoms with Crippen LogP contribution in [0.2, 0.25) is 0 Å². The Hall–Kier alpha value is -2.08. The van der Waals surface area contributed by atoms with Crippen molar-refractivity contribution >= 4 is 190 Å². The number of rotatable bonds is 10. The van der Waals surface area contributed by atoms with Crippen LogP contribution in [0.25, 0.3) is 0 Å². The van der Waals surface area contributed by atoms with Crippen LogP contribution in [0.5, 0.6) is 28.7 Å². The fraction of sp³-hybridized carbons (Fsp3) is 0.0972. The first kappa shape index (κ1) is 92.9. The Morgan fingerprint density at radius 1 is 0.299 bits per heavy atom. The summed E-state index contributed by atoms with van der Waals surface area (Å²) in [5.74, 6) is 1.40. The average molecular weight is 2120 g/mol. The van der Waals surface area contributed by atoms with Crippen molar-refractivity contribution in [1.29, 1.82) is 0 Å². The molecule has 5 N–H and O–H groups in total. The van der Waals surface area contributed by atoms with Gasteiger partial charge in [-0.15, -0.1) is 0 Å². The number of aromatic hydroxyl groups is 5. The molecule has 0 atom stereocenters. The van der Waals surface area contributed by atoms with Gasteiger partial charge in [0.05, 0.1) is 28.4 Å². The SMILES string of the molecule is CC(=Nc1ccccc1)c1cccc(C)c1O.CC(=Nc1ccccc1)c1cccc(C)c1O.CC(=Nc1ccccc1)c1ccccc1O.Cc1ccc(O)c(C=Nc2ccccc2)c1.Cc1cccc(O)c1C=Nc1ccccc1.[Br][Ti][Br].[Br][Ti][Br].[Br][Ti][Br].[Br][Ti][Br].[Br][Ti][Br]. The molecular formula is C72H69Br10N5O5Ti5. The minimum atomic E-state index is 0.125. The van der Waals surface area contributed by atoms with Crippen LogP contribution in [-0.2, 0) is 74.8 Å². The molecule has 0 unspecified atom stereocenters. The maximum absolute atomic E-state index is 9.97. The van der Waals surface area contributed by atoms with Gasteiger partial charge in [-0.2, -0.15) is 0 Å². The third-order valence-electron chi connectivity index (χ3n) is 12.4. The van der Waals surface area contributed by atoms with Gasteiger partial charge in [0.2, 0.25) is 0 Å². The fourth-order valence-corrected chi connectivity index (χ4v) is 7.87. The third kappa shape index (κ3) is 41.7. The summed E-state index contributed by atoms with van der Waals surface area (Å²) in [5.41, 5.74) is 14.6. The zero-order chi connectivity index (χ0) is 72.2. The summed E-state index contributed by atoms with van der Waals surface area (Å²) in [6.07, 6.45) is 3.37. The van der Waals surface area contributed by atoms with E-state index in [2.05, 4.69) is 157 Å². The maximum atomic E-state index is 9.97. The van der Waals surface area contributed by atoms with E-state index >= 15 is 0 Å². The monoisotopic (exact) mass is 2110 g/mol. The summed E-state index contributed by atoms with van der Waals surface area (Å²) >= 11 is 32.5. The van der Waals surface area contributed by atoms with Crippen molar-refractivity contribution in [3.05, 3.63) is 299 Å². The van der Waals surface area contributed by atoms with Gasteiger partial charge in [-0.25, -0.2) is 0 Å². The minimum absolute atomic E-state index is 0.125. The van der Waals surface area contributed by atoms with Crippen molar-refractivity contribution < 1.29 is 100 Å². The van der Waals surface area contributed by atoms with E-state index in [1.807, 2.05) is 273 Å². The van der Waals surface area contributed by atoms with Crippen molar-refractivity contribution in [2.24, 2.45) is 25.0 Å². The van der Waals surface area contributed by atoms with Gasteiger partial charge in [-0.1, -0.05) is 151 Å². The molecule has 0 bridgehead atoms. The molecule has 25 heteroatoms. The second kappa shape index (κ2) is 59.3. The Labute approximate surface area is 680 Å². The molecule has 0 saturated heterocycles. The fourth-order valence-electron chi connectivity index (χ4n) is 7.87. The Morgan fingerprint density at radius 2 is 0.588 bits per heavy atom. The van der Waals surface area contributed by atoms with Crippen LogP contribution in [0.15, 0.2) is 274 Å². The normalized spacial score (nSPS) is 10.2. The third-order valence-corrected chi connectivity index (χ3v) is 12.4. The van der Waals surface area contributed by atoms with Crippen LogP contribution >= 0.6 is 132 Å². The van der Waals surface area contributed by atoms with Crippen LogP contribution in [-0.4, -0.2) is 55.1 Å². The molecule has 10 nitrogen and oxygen atoms in total. The quantitative estimate of drug-likeness (QED) is 0.0679. The van der Waals surface area contributed by atoms with Gasteiger partial charge in [-0.05, 0) is 168 Å². The molecule has 0 heterocycles. The van der Waals surface area contributed by atoms with Gasteiger partial charge < -0.3 is 25.5 Å². The molecule has 10 aromatic carbocycles. The summed E-state index contributed by atoms with van der Waals surface area (Å²) in [5, 5.41) is 48.9. The first-order chi connectivity index (χ1) is 46.7. The molecular weight excluding hydrogens is 2050 g/mol. The Kier molecular flexibility index (Phi) is 56.8. The molecule has 10 aromatic rings. The number of benzene rings is 10. The average Bonchev–Trinajstić information content (AvgIpc) is 1.14. The topological polar surface area (TPSA) is 163 Å². The van der Waals surface area contributed by atoms with Crippen LogP contribution in [0.1, 0.15) is 70.8 Å². The van der Waals surface area contributed by atoms with Gasteiger partial charge in [0.25, 0.3) is 0 Å².